The molecule has 334 valence electrons. The largest absolute Gasteiger partial charge is 0.457 e. The number of rotatable bonds is 40. The van der Waals surface area contributed by atoms with Gasteiger partial charge in [-0.05, 0) is 12.8 Å². The second kappa shape index (κ2) is 36.0. The number of hydrogen-bond acceptors (Lipinski definition) is 11. The SMILES string of the molecule is CCCCCCCCCCCCCCCCCCCCCCCCCC(=O)OC(COCCCCCCCC)COC1OC(CO)C(O)C(OS(=O)(=O)O)C1O. The van der Waals surface area contributed by atoms with Crippen molar-refractivity contribution in [2.45, 2.75) is 243 Å². The molecule has 1 aliphatic rings. The summed E-state index contributed by atoms with van der Waals surface area (Å²) in [6.45, 7) is 3.96. The number of unbranched alkanes of at least 4 members (excludes halogenated alkanes) is 27. The molecule has 0 aromatic rings. The first-order valence-electron chi connectivity index (χ1n) is 22.8. The molecule has 1 rings (SSSR count). The Morgan fingerprint density at radius 1 is 0.607 bits per heavy atom. The number of aliphatic hydroxyl groups excluding tert-OH is 3. The van der Waals surface area contributed by atoms with Crippen LogP contribution in [0.4, 0.5) is 0 Å². The third kappa shape index (κ3) is 29.3. The van der Waals surface area contributed by atoms with E-state index in [0.29, 0.717) is 13.0 Å². The molecular formula is C43H84O12S. The van der Waals surface area contributed by atoms with Gasteiger partial charge in [0, 0.05) is 13.0 Å². The summed E-state index contributed by atoms with van der Waals surface area (Å²) in [6.07, 6.45) is 27.6. The van der Waals surface area contributed by atoms with Crippen molar-refractivity contribution in [3.8, 4) is 0 Å². The zero-order valence-electron chi connectivity index (χ0n) is 35.5. The number of aliphatic hydroxyl groups is 3. The fourth-order valence-electron chi connectivity index (χ4n) is 7.26. The molecule has 6 atom stereocenters. The highest BCUT2D eigenvalue weighted by atomic mass is 32.3. The molecule has 0 aromatic heterocycles. The molecule has 1 saturated heterocycles. The monoisotopic (exact) mass is 825 g/mol. The Balaban J connectivity index is 2.24. The molecular weight excluding hydrogens is 741 g/mol. The third-order valence-electron chi connectivity index (χ3n) is 10.7. The highest BCUT2D eigenvalue weighted by molar-refractivity contribution is 7.80. The van der Waals surface area contributed by atoms with Gasteiger partial charge in [-0.1, -0.05) is 187 Å². The maximum atomic E-state index is 12.8. The maximum absolute atomic E-state index is 12.8. The second-order valence-corrected chi connectivity index (χ2v) is 17.1. The predicted octanol–water partition coefficient (Wildman–Crippen LogP) is 9.30. The molecule has 0 radical (unpaired) electrons. The zero-order chi connectivity index (χ0) is 41.1. The minimum absolute atomic E-state index is 0.0416. The Morgan fingerprint density at radius 2 is 1.02 bits per heavy atom. The van der Waals surface area contributed by atoms with Gasteiger partial charge in [-0.25, -0.2) is 4.18 Å². The van der Waals surface area contributed by atoms with Crippen LogP contribution in [0.15, 0.2) is 0 Å². The first kappa shape index (κ1) is 53.1. The molecule has 0 spiro atoms. The lowest BCUT2D eigenvalue weighted by atomic mass is 9.99. The summed E-state index contributed by atoms with van der Waals surface area (Å²) in [5, 5.41) is 30.5. The van der Waals surface area contributed by atoms with E-state index in [-0.39, 0.29) is 19.6 Å². The topological polar surface area (TPSA) is 178 Å². The molecule has 0 saturated carbocycles. The number of esters is 1. The fourth-order valence-corrected chi connectivity index (χ4v) is 7.77. The Morgan fingerprint density at radius 3 is 1.43 bits per heavy atom. The Hall–Kier alpha value is -0.900. The number of hydrogen-bond donors (Lipinski definition) is 4. The normalized spacial score (nSPS) is 20.7. The van der Waals surface area contributed by atoms with Crippen molar-refractivity contribution in [3.63, 3.8) is 0 Å². The average Bonchev–Trinajstić information content (AvgIpc) is 3.17. The van der Waals surface area contributed by atoms with Gasteiger partial charge < -0.3 is 34.3 Å². The van der Waals surface area contributed by atoms with Crippen LogP contribution in [0.3, 0.4) is 0 Å². The van der Waals surface area contributed by atoms with E-state index in [2.05, 4.69) is 18.0 Å². The lowest BCUT2D eigenvalue weighted by molar-refractivity contribution is -0.301. The number of ether oxygens (including phenoxy) is 4. The van der Waals surface area contributed by atoms with E-state index in [0.717, 1.165) is 38.5 Å². The molecule has 12 nitrogen and oxygen atoms in total. The molecule has 0 amide bonds. The molecule has 6 unspecified atom stereocenters. The minimum Gasteiger partial charge on any atom is -0.457 e. The van der Waals surface area contributed by atoms with Crippen molar-refractivity contribution >= 4 is 16.4 Å². The lowest BCUT2D eigenvalue weighted by Crippen LogP contribution is -2.60. The number of carbonyl (C=O) groups is 1. The first-order chi connectivity index (χ1) is 27.1. The maximum Gasteiger partial charge on any atom is 0.397 e. The van der Waals surface area contributed by atoms with Gasteiger partial charge in [-0.15, -0.1) is 0 Å². The standard InChI is InChI=1S/C43H84O12S/c1-3-5-7-9-11-12-13-14-15-16-17-18-19-20-21-22-23-24-25-26-27-28-30-32-39(45)53-37(35-51-33-31-29-10-8-6-4-2)36-52-43-41(47)42(55-56(48,49)50)40(46)38(34-44)54-43/h37-38,40-44,46-47H,3-36H2,1-2H3,(H,48,49,50). The van der Waals surface area contributed by atoms with E-state index in [1.165, 1.54) is 141 Å². The molecule has 56 heavy (non-hydrogen) atoms. The summed E-state index contributed by atoms with van der Waals surface area (Å²) in [5.41, 5.74) is 0. The van der Waals surface area contributed by atoms with Crippen molar-refractivity contribution in [1.82, 2.24) is 0 Å². The van der Waals surface area contributed by atoms with Gasteiger partial charge in [0.05, 0.1) is 19.8 Å². The Bertz CT molecular complexity index is 999. The van der Waals surface area contributed by atoms with Gasteiger partial charge in [0.1, 0.15) is 30.5 Å². The van der Waals surface area contributed by atoms with Crippen LogP contribution in [0.5, 0.6) is 0 Å². The molecule has 0 aliphatic carbocycles. The van der Waals surface area contributed by atoms with E-state index in [4.69, 9.17) is 23.5 Å². The molecule has 1 fully saturated rings. The summed E-state index contributed by atoms with van der Waals surface area (Å²) in [6, 6.07) is 0. The summed E-state index contributed by atoms with van der Waals surface area (Å²) in [4.78, 5) is 12.8. The van der Waals surface area contributed by atoms with Crippen molar-refractivity contribution in [2.75, 3.05) is 26.4 Å². The first-order valence-corrected chi connectivity index (χ1v) is 24.2. The summed E-state index contributed by atoms with van der Waals surface area (Å²) < 4.78 is 58.7. The smallest absolute Gasteiger partial charge is 0.397 e. The van der Waals surface area contributed by atoms with Crippen LogP contribution < -0.4 is 0 Å². The van der Waals surface area contributed by atoms with E-state index in [9.17, 15) is 28.5 Å². The van der Waals surface area contributed by atoms with Crippen LogP contribution in [-0.4, -0.2) is 97.5 Å². The fraction of sp³-hybridized carbons (Fsp3) is 0.977. The van der Waals surface area contributed by atoms with Crippen LogP contribution in [-0.2, 0) is 38.3 Å². The van der Waals surface area contributed by atoms with Crippen LogP contribution in [0.1, 0.15) is 206 Å². The van der Waals surface area contributed by atoms with Crippen LogP contribution in [0.2, 0.25) is 0 Å². The van der Waals surface area contributed by atoms with Crippen LogP contribution in [0.25, 0.3) is 0 Å². The van der Waals surface area contributed by atoms with E-state index in [1.54, 1.807) is 0 Å². The molecule has 13 heteroatoms. The van der Waals surface area contributed by atoms with Gasteiger partial charge in [-0.2, -0.15) is 8.42 Å². The van der Waals surface area contributed by atoms with Crippen molar-refractivity contribution < 1.29 is 56.2 Å². The molecule has 0 bridgehead atoms. The van der Waals surface area contributed by atoms with Crippen molar-refractivity contribution in [2.24, 2.45) is 0 Å². The second-order valence-electron chi connectivity index (χ2n) is 16.0. The summed E-state index contributed by atoms with van der Waals surface area (Å²) >= 11 is 0. The average molecular weight is 825 g/mol. The van der Waals surface area contributed by atoms with Gasteiger partial charge >= 0.3 is 16.4 Å². The van der Waals surface area contributed by atoms with Crippen LogP contribution in [0, 0.1) is 0 Å². The minimum atomic E-state index is -5.05. The van der Waals surface area contributed by atoms with Gasteiger partial charge in [0.2, 0.25) is 0 Å². The summed E-state index contributed by atoms with van der Waals surface area (Å²) in [5.74, 6) is -0.397. The van der Waals surface area contributed by atoms with Crippen molar-refractivity contribution in [3.05, 3.63) is 0 Å². The van der Waals surface area contributed by atoms with E-state index >= 15 is 0 Å². The molecule has 4 N–H and O–H groups in total. The quantitative estimate of drug-likeness (QED) is 0.0262. The van der Waals surface area contributed by atoms with Gasteiger partial charge in [-0.3, -0.25) is 9.35 Å². The lowest BCUT2D eigenvalue weighted by Gasteiger charge is -2.41. The zero-order valence-corrected chi connectivity index (χ0v) is 36.3. The number of carbonyl (C=O) groups excluding carboxylic acids is 1. The van der Waals surface area contributed by atoms with Gasteiger partial charge in [0.25, 0.3) is 0 Å². The van der Waals surface area contributed by atoms with E-state index in [1.807, 2.05) is 0 Å². The predicted molar refractivity (Wildman–Crippen MR) is 221 cm³/mol. The van der Waals surface area contributed by atoms with Crippen molar-refractivity contribution in [1.29, 1.82) is 0 Å². The van der Waals surface area contributed by atoms with Crippen LogP contribution >= 0.6 is 0 Å². The Kier molecular flexibility index (Phi) is 34.1. The molecule has 1 heterocycles. The van der Waals surface area contributed by atoms with Gasteiger partial charge in [0.15, 0.2) is 6.29 Å². The Labute approximate surface area is 341 Å². The molecule has 1 aliphatic heterocycles. The van der Waals surface area contributed by atoms with E-state index < -0.39 is 59.8 Å². The highest BCUT2D eigenvalue weighted by Crippen LogP contribution is 2.26. The summed E-state index contributed by atoms with van der Waals surface area (Å²) in [7, 11) is -5.05. The highest BCUT2D eigenvalue weighted by Gasteiger charge is 2.48. The molecule has 0 aromatic carbocycles. The third-order valence-corrected chi connectivity index (χ3v) is 11.2.